The van der Waals surface area contributed by atoms with Gasteiger partial charge in [0.1, 0.15) is 5.82 Å². The van der Waals surface area contributed by atoms with Crippen molar-refractivity contribution < 1.29 is 33.0 Å². The van der Waals surface area contributed by atoms with Crippen LogP contribution in [0.15, 0.2) is 18.2 Å². The van der Waals surface area contributed by atoms with Crippen LogP contribution in [0.3, 0.4) is 0 Å². The van der Waals surface area contributed by atoms with E-state index >= 15 is 0 Å². The fraction of sp³-hybridized carbons (Fsp3) is 0.600. The summed E-state index contributed by atoms with van der Waals surface area (Å²) >= 11 is 0. The van der Waals surface area contributed by atoms with Crippen molar-refractivity contribution in [2.24, 2.45) is 0 Å². The second kappa shape index (κ2) is 10.5. The minimum Gasteiger partial charge on any atom is -0.483 e. The molecule has 2 aliphatic heterocycles. The first-order valence-corrected chi connectivity index (χ1v) is 9.54. The summed E-state index contributed by atoms with van der Waals surface area (Å²) in [5, 5.41) is 6.89. The van der Waals surface area contributed by atoms with Gasteiger partial charge in [-0.15, -0.1) is 0 Å². The SMILES string of the molecule is CN(C)C1CCOC2(CCN(C(=O)COc3cc(F)ccc3F)CC2)C1.O=CO. The summed E-state index contributed by atoms with van der Waals surface area (Å²) in [5.74, 6) is -1.74. The third kappa shape index (κ3) is 6.37. The van der Waals surface area contributed by atoms with Gasteiger partial charge in [0.05, 0.1) is 5.60 Å². The first-order chi connectivity index (χ1) is 13.8. The molecule has 0 bridgehead atoms. The van der Waals surface area contributed by atoms with E-state index in [1.54, 1.807) is 4.90 Å². The summed E-state index contributed by atoms with van der Waals surface area (Å²) in [7, 11) is 4.18. The Hall–Kier alpha value is -2.26. The van der Waals surface area contributed by atoms with Gasteiger partial charge in [0.2, 0.25) is 0 Å². The van der Waals surface area contributed by atoms with Crippen molar-refractivity contribution in [1.29, 1.82) is 0 Å². The fourth-order valence-electron chi connectivity index (χ4n) is 3.77. The summed E-state index contributed by atoms with van der Waals surface area (Å²) in [6.45, 7) is 1.38. The molecule has 0 aliphatic carbocycles. The normalized spacial score (nSPS) is 20.7. The molecule has 1 amide bonds. The second-order valence-electron chi connectivity index (χ2n) is 7.49. The number of benzene rings is 1. The predicted molar refractivity (Wildman–Crippen MR) is 102 cm³/mol. The van der Waals surface area contributed by atoms with Crippen molar-refractivity contribution in [3.05, 3.63) is 29.8 Å². The number of halogens is 2. The van der Waals surface area contributed by atoms with Gasteiger partial charge in [0, 0.05) is 31.8 Å². The first-order valence-electron chi connectivity index (χ1n) is 9.54. The Morgan fingerprint density at radius 1 is 1.38 bits per heavy atom. The van der Waals surface area contributed by atoms with Crippen molar-refractivity contribution in [3.8, 4) is 5.75 Å². The number of hydrogen-bond acceptors (Lipinski definition) is 5. The van der Waals surface area contributed by atoms with Gasteiger partial charge in [-0.3, -0.25) is 9.59 Å². The molecular weight excluding hydrogens is 386 g/mol. The van der Waals surface area contributed by atoms with Gasteiger partial charge in [-0.05, 0) is 51.9 Å². The molecule has 162 valence electrons. The lowest BCUT2D eigenvalue weighted by atomic mass is 9.82. The number of ether oxygens (including phenoxy) is 2. The Morgan fingerprint density at radius 2 is 2.03 bits per heavy atom. The Labute approximate surface area is 169 Å². The second-order valence-corrected chi connectivity index (χ2v) is 7.49. The van der Waals surface area contributed by atoms with Crippen molar-refractivity contribution in [1.82, 2.24) is 9.80 Å². The van der Waals surface area contributed by atoms with Crippen LogP contribution < -0.4 is 4.74 Å². The molecule has 2 saturated heterocycles. The molecule has 0 radical (unpaired) electrons. The molecule has 29 heavy (non-hydrogen) atoms. The van der Waals surface area contributed by atoms with Crippen LogP contribution in [0, 0.1) is 11.6 Å². The molecule has 1 unspecified atom stereocenters. The van der Waals surface area contributed by atoms with Crippen LogP contribution in [-0.2, 0) is 14.3 Å². The predicted octanol–water partition coefficient (Wildman–Crippen LogP) is 2.15. The quantitative estimate of drug-likeness (QED) is 0.761. The van der Waals surface area contributed by atoms with E-state index in [9.17, 15) is 13.6 Å². The first kappa shape index (κ1) is 23.0. The summed E-state index contributed by atoms with van der Waals surface area (Å²) in [4.78, 5) is 24.7. The van der Waals surface area contributed by atoms with Gasteiger partial charge >= 0.3 is 0 Å². The third-order valence-electron chi connectivity index (χ3n) is 5.47. The molecule has 0 aromatic heterocycles. The van der Waals surface area contributed by atoms with E-state index in [0.29, 0.717) is 19.1 Å². The van der Waals surface area contributed by atoms with Gasteiger partial charge < -0.3 is 24.4 Å². The topological polar surface area (TPSA) is 79.3 Å². The number of carbonyl (C=O) groups excluding carboxylic acids is 1. The van der Waals surface area contributed by atoms with Crippen LogP contribution in [-0.4, -0.2) is 79.3 Å². The maximum absolute atomic E-state index is 13.6. The van der Waals surface area contributed by atoms with Crippen LogP contribution in [0.4, 0.5) is 8.78 Å². The summed E-state index contributed by atoms with van der Waals surface area (Å²) in [5.41, 5.74) is -0.153. The summed E-state index contributed by atoms with van der Waals surface area (Å²) in [6, 6.07) is 3.46. The van der Waals surface area contributed by atoms with E-state index in [1.165, 1.54) is 0 Å². The van der Waals surface area contributed by atoms with E-state index in [0.717, 1.165) is 50.5 Å². The number of piperidine rings is 1. The molecule has 1 spiro atoms. The molecule has 7 nitrogen and oxygen atoms in total. The van der Waals surface area contributed by atoms with Gasteiger partial charge in [0.25, 0.3) is 12.4 Å². The minimum absolute atomic E-state index is 0.153. The standard InChI is InChI=1S/C19H26F2N2O3.CH2O2/c1-22(2)15-5-10-26-19(12-15)6-8-23(9-7-19)18(24)13-25-17-11-14(20)3-4-16(17)21;2-1-3/h3-4,11,15H,5-10,12-13H2,1-2H3;1H,(H,2,3). The maximum atomic E-state index is 13.6. The molecule has 1 atom stereocenters. The van der Waals surface area contributed by atoms with E-state index in [2.05, 4.69) is 19.0 Å². The molecule has 2 aliphatic rings. The number of hydrogen-bond donors (Lipinski definition) is 1. The molecule has 3 rings (SSSR count). The molecular formula is C20H28F2N2O5. The number of nitrogens with zero attached hydrogens (tertiary/aromatic N) is 2. The van der Waals surface area contributed by atoms with Crippen molar-refractivity contribution in [2.45, 2.75) is 37.3 Å². The average molecular weight is 414 g/mol. The largest absolute Gasteiger partial charge is 0.483 e. The molecule has 1 N–H and O–H groups in total. The summed E-state index contributed by atoms with van der Waals surface area (Å²) in [6.07, 6.45) is 3.59. The van der Waals surface area contributed by atoms with Crippen molar-refractivity contribution in [2.75, 3.05) is 40.4 Å². The molecule has 1 aromatic carbocycles. The van der Waals surface area contributed by atoms with Gasteiger partial charge in [-0.1, -0.05) is 0 Å². The number of carboxylic acid groups (broad SMARTS) is 1. The average Bonchev–Trinajstić information content (AvgIpc) is 2.69. The van der Waals surface area contributed by atoms with Crippen LogP contribution in [0.1, 0.15) is 25.7 Å². The smallest absolute Gasteiger partial charge is 0.290 e. The minimum atomic E-state index is -0.679. The maximum Gasteiger partial charge on any atom is 0.290 e. The number of amides is 1. The van der Waals surface area contributed by atoms with Gasteiger partial charge in [-0.2, -0.15) is 0 Å². The van der Waals surface area contributed by atoms with Crippen molar-refractivity contribution >= 4 is 12.4 Å². The monoisotopic (exact) mass is 414 g/mol. The van der Waals surface area contributed by atoms with Gasteiger partial charge in [0.15, 0.2) is 18.2 Å². The van der Waals surface area contributed by atoms with Crippen LogP contribution in [0.25, 0.3) is 0 Å². The Balaban J connectivity index is 0.000000941. The Kier molecular flexibility index (Phi) is 8.33. The zero-order valence-electron chi connectivity index (χ0n) is 16.8. The highest BCUT2D eigenvalue weighted by Crippen LogP contribution is 2.36. The molecule has 2 fully saturated rings. The zero-order valence-corrected chi connectivity index (χ0v) is 16.8. The van der Waals surface area contributed by atoms with E-state index < -0.39 is 11.6 Å². The highest BCUT2D eigenvalue weighted by molar-refractivity contribution is 5.77. The molecule has 0 saturated carbocycles. The number of carbonyl (C=O) groups is 2. The molecule has 1 aromatic rings. The highest BCUT2D eigenvalue weighted by Gasteiger charge is 2.41. The molecule has 9 heteroatoms. The third-order valence-corrected chi connectivity index (χ3v) is 5.47. The summed E-state index contributed by atoms with van der Waals surface area (Å²) < 4.78 is 38.0. The zero-order chi connectivity index (χ0) is 21.4. The van der Waals surface area contributed by atoms with Crippen LogP contribution in [0.2, 0.25) is 0 Å². The lowest BCUT2D eigenvalue weighted by molar-refractivity contribution is -0.149. The Bertz CT molecular complexity index is 693. The van der Waals surface area contributed by atoms with E-state index in [-0.39, 0.29) is 30.3 Å². The van der Waals surface area contributed by atoms with Crippen LogP contribution in [0.5, 0.6) is 5.75 Å². The van der Waals surface area contributed by atoms with Gasteiger partial charge in [-0.25, -0.2) is 8.78 Å². The fourth-order valence-corrected chi connectivity index (χ4v) is 3.77. The lowest BCUT2D eigenvalue weighted by Gasteiger charge is -2.47. The number of likely N-dealkylation sites (tertiary alicyclic amines) is 1. The lowest BCUT2D eigenvalue weighted by Crippen LogP contribution is -2.54. The van der Waals surface area contributed by atoms with Crippen LogP contribution >= 0.6 is 0 Å². The Morgan fingerprint density at radius 3 is 2.66 bits per heavy atom. The highest BCUT2D eigenvalue weighted by atomic mass is 19.1. The molecule has 2 heterocycles. The number of rotatable bonds is 4. The van der Waals surface area contributed by atoms with E-state index in [1.807, 2.05) is 0 Å². The van der Waals surface area contributed by atoms with Crippen molar-refractivity contribution in [3.63, 3.8) is 0 Å². The van der Waals surface area contributed by atoms with E-state index in [4.69, 9.17) is 19.4 Å².